The first kappa shape index (κ1) is 26.1. The van der Waals surface area contributed by atoms with Crippen LogP contribution in [0.2, 0.25) is 0 Å². The lowest BCUT2D eigenvalue weighted by Crippen LogP contribution is -2.09. The molecule has 0 heterocycles. The van der Waals surface area contributed by atoms with Gasteiger partial charge in [0.05, 0.1) is 12.7 Å². The lowest BCUT2D eigenvalue weighted by atomic mass is 9.86. The average Bonchev–Trinajstić information content (AvgIpc) is 2.84. The summed E-state index contributed by atoms with van der Waals surface area (Å²) in [7, 11) is 1.44. The highest BCUT2D eigenvalue weighted by atomic mass is 16.5. The highest BCUT2D eigenvalue weighted by Gasteiger charge is 2.22. The maximum Gasteiger partial charge on any atom is 0.338 e. The second-order valence-corrected chi connectivity index (χ2v) is 9.70. The summed E-state index contributed by atoms with van der Waals surface area (Å²) in [5.41, 5.74) is 10.1. The monoisotopic (exact) mass is 470 g/mol. The van der Waals surface area contributed by atoms with E-state index < -0.39 is 0 Å². The van der Waals surface area contributed by atoms with Crippen molar-refractivity contribution < 1.29 is 9.53 Å². The van der Waals surface area contributed by atoms with Gasteiger partial charge in [0.15, 0.2) is 0 Å². The van der Waals surface area contributed by atoms with Crippen LogP contribution in [0.5, 0.6) is 0 Å². The number of nitrogens with one attached hydrogen (secondary N) is 2. The molecule has 3 rings (SSSR count). The highest BCUT2D eigenvalue weighted by molar-refractivity contribution is 6.02. The summed E-state index contributed by atoms with van der Waals surface area (Å²) < 4.78 is 5.23. The largest absolute Gasteiger partial charge is 0.465 e. The molecule has 0 aromatic heterocycles. The van der Waals surface area contributed by atoms with Crippen molar-refractivity contribution in [2.75, 3.05) is 30.8 Å². The molecule has 184 valence electrons. The number of aryl methyl sites for hydroxylation is 1. The van der Waals surface area contributed by atoms with Gasteiger partial charge in [-0.25, -0.2) is 4.79 Å². The molecule has 0 saturated carbocycles. The molecule has 4 nitrogen and oxygen atoms in total. The van der Waals surface area contributed by atoms with E-state index in [2.05, 4.69) is 106 Å². The van der Waals surface area contributed by atoms with Gasteiger partial charge in [-0.1, -0.05) is 55.8 Å². The van der Waals surface area contributed by atoms with Gasteiger partial charge in [0.25, 0.3) is 0 Å². The first-order valence-corrected chi connectivity index (χ1v) is 12.3. The number of ether oxygens (including phenoxy) is 1. The van der Waals surface area contributed by atoms with Crippen LogP contribution in [-0.4, -0.2) is 26.2 Å². The molecule has 0 aliphatic heterocycles. The Kier molecular flexibility index (Phi) is 8.75. The van der Waals surface area contributed by atoms with Crippen LogP contribution < -0.4 is 10.6 Å². The Hall–Kier alpha value is -3.53. The zero-order valence-corrected chi connectivity index (χ0v) is 22.1. The maximum atomic E-state index is 13.0. The number of allylic oxidation sites excluding steroid dienone is 1. The lowest BCUT2D eigenvalue weighted by molar-refractivity contribution is 0.0600. The number of carbonyl (C=O) groups excluding carboxylic acids is 1. The van der Waals surface area contributed by atoms with E-state index in [9.17, 15) is 4.79 Å². The van der Waals surface area contributed by atoms with Gasteiger partial charge in [-0.2, -0.15) is 0 Å². The van der Waals surface area contributed by atoms with Gasteiger partial charge in [-0.3, -0.25) is 0 Å². The number of methoxy groups -OCH3 is 1. The molecule has 0 fully saturated rings. The van der Waals surface area contributed by atoms with E-state index in [1.54, 1.807) is 0 Å². The fraction of sp³-hybridized carbons (Fsp3) is 0.323. The van der Waals surface area contributed by atoms with Gasteiger partial charge < -0.3 is 15.4 Å². The molecule has 0 atom stereocenters. The molecule has 3 aromatic rings. The summed E-state index contributed by atoms with van der Waals surface area (Å²) >= 11 is 0. The minimum Gasteiger partial charge on any atom is -0.465 e. The van der Waals surface area contributed by atoms with Gasteiger partial charge in [0.2, 0.25) is 0 Å². The minimum absolute atomic E-state index is 0.315. The first-order chi connectivity index (χ1) is 16.7. The van der Waals surface area contributed by atoms with Crippen molar-refractivity contribution in [3.05, 3.63) is 82.9 Å². The number of anilines is 2. The molecule has 2 N–H and O–H groups in total. The summed E-state index contributed by atoms with van der Waals surface area (Å²) in [5, 5.41) is 6.86. The van der Waals surface area contributed by atoms with Crippen molar-refractivity contribution in [2.45, 2.75) is 41.5 Å². The van der Waals surface area contributed by atoms with Gasteiger partial charge in [-0.05, 0) is 91.3 Å². The SMILES string of the molecule is COC(=O)c1c(C)c(-c2ccc(NCC=C(C)C)cc2)cc(C)c1-c1ccc(NCC(C)C)cc1. The first-order valence-electron chi connectivity index (χ1n) is 12.3. The van der Waals surface area contributed by atoms with Crippen LogP contribution in [0.4, 0.5) is 11.4 Å². The Morgan fingerprint density at radius 2 is 1.49 bits per heavy atom. The van der Waals surface area contributed by atoms with Crippen molar-refractivity contribution >= 4 is 17.3 Å². The van der Waals surface area contributed by atoms with Crippen molar-refractivity contribution in [2.24, 2.45) is 5.92 Å². The van der Waals surface area contributed by atoms with Gasteiger partial charge in [-0.15, -0.1) is 0 Å². The number of benzene rings is 3. The summed E-state index contributed by atoms with van der Waals surface area (Å²) in [6, 6.07) is 18.8. The molecule has 0 amide bonds. The van der Waals surface area contributed by atoms with Crippen LogP contribution in [0, 0.1) is 19.8 Å². The standard InChI is InChI=1S/C31H38N2O2/c1-20(2)16-17-32-26-12-8-24(9-13-26)28-18-22(5)29(30(23(28)6)31(34)35-7)25-10-14-27(15-11-25)33-19-21(3)4/h8-16,18,21,32-33H,17,19H2,1-7H3. The maximum absolute atomic E-state index is 13.0. The summed E-state index contributed by atoms with van der Waals surface area (Å²) in [6.45, 7) is 14.3. The molecule has 0 saturated heterocycles. The van der Waals surface area contributed by atoms with Crippen LogP contribution in [0.15, 0.2) is 66.2 Å². The number of esters is 1. The zero-order chi connectivity index (χ0) is 25.5. The molecule has 0 bridgehead atoms. The number of hydrogen-bond acceptors (Lipinski definition) is 4. The predicted octanol–water partition coefficient (Wildman–Crippen LogP) is 7.87. The highest BCUT2D eigenvalue weighted by Crippen LogP contribution is 2.37. The minimum atomic E-state index is -0.315. The van der Waals surface area contributed by atoms with Gasteiger partial charge in [0.1, 0.15) is 0 Å². The van der Waals surface area contributed by atoms with E-state index in [1.807, 2.05) is 6.92 Å². The molecule has 4 heteroatoms. The van der Waals surface area contributed by atoms with E-state index in [0.717, 1.165) is 57.8 Å². The van der Waals surface area contributed by atoms with Gasteiger partial charge in [0, 0.05) is 24.5 Å². The van der Waals surface area contributed by atoms with E-state index in [-0.39, 0.29) is 5.97 Å². The number of rotatable bonds is 9. The Morgan fingerprint density at radius 1 is 0.914 bits per heavy atom. The molecule has 0 unspecified atom stereocenters. The fourth-order valence-corrected chi connectivity index (χ4v) is 4.16. The molecular weight excluding hydrogens is 432 g/mol. The molecule has 0 radical (unpaired) electrons. The van der Waals surface area contributed by atoms with Crippen molar-refractivity contribution in [1.29, 1.82) is 0 Å². The van der Waals surface area contributed by atoms with Crippen LogP contribution in [0.3, 0.4) is 0 Å². The van der Waals surface area contributed by atoms with Crippen LogP contribution in [-0.2, 0) is 4.74 Å². The van der Waals surface area contributed by atoms with Crippen molar-refractivity contribution in [3.8, 4) is 22.3 Å². The summed E-state index contributed by atoms with van der Waals surface area (Å²) in [5.74, 6) is 0.254. The molecule has 3 aromatic carbocycles. The quantitative estimate of drug-likeness (QED) is 0.247. The normalized spacial score (nSPS) is 10.7. The third-order valence-electron chi connectivity index (χ3n) is 6.07. The molecule has 0 spiro atoms. The van der Waals surface area contributed by atoms with Crippen LogP contribution >= 0.6 is 0 Å². The summed E-state index contributed by atoms with van der Waals surface area (Å²) in [6.07, 6.45) is 2.16. The Morgan fingerprint density at radius 3 is 2.03 bits per heavy atom. The molecule has 0 aliphatic rings. The zero-order valence-electron chi connectivity index (χ0n) is 22.1. The van der Waals surface area contributed by atoms with Crippen LogP contribution in [0.1, 0.15) is 49.2 Å². The molecule has 35 heavy (non-hydrogen) atoms. The number of carbonyl (C=O) groups is 1. The van der Waals surface area contributed by atoms with E-state index in [4.69, 9.17) is 4.74 Å². The van der Waals surface area contributed by atoms with E-state index in [1.165, 1.54) is 12.7 Å². The molecular formula is C31H38N2O2. The Bertz CT molecular complexity index is 1190. The Balaban J connectivity index is 1.99. The van der Waals surface area contributed by atoms with Crippen molar-refractivity contribution in [3.63, 3.8) is 0 Å². The second-order valence-electron chi connectivity index (χ2n) is 9.70. The van der Waals surface area contributed by atoms with Crippen LogP contribution in [0.25, 0.3) is 22.3 Å². The third kappa shape index (κ3) is 6.54. The topological polar surface area (TPSA) is 50.4 Å². The lowest BCUT2D eigenvalue weighted by Gasteiger charge is -2.19. The smallest absolute Gasteiger partial charge is 0.338 e. The molecule has 0 aliphatic carbocycles. The summed E-state index contributed by atoms with van der Waals surface area (Å²) in [4.78, 5) is 13.0. The van der Waals surface area contributed by atoms with Gasteiger partial charge >= 0.3 is 5.97 Å². The van der Waals surface area contributed by atoms with E-state index in [0.29, 0.717) is 11.5 Å². The second kappa shape index (κ2) is 11.7. The fourth-order valence-electron chi connectivity index (χ4n) is 4.16. The third-order valence-corrected chi connectivity index (χ3v) is 6.07. The predicted molar refractivity (Wildman–Crippen MR) is 149 cm³/mol. The number of hydrogen-bond donors (Lipinski definition) is 2. The van der Waals surface area contributed by atoms with E-state index >= 15 is 0 Å². The van der Waals surface area contributed by atoms with Crippen molar-refractivity contribution in [1.82, 2.24) is 0 Å². The average molecular weight is 471 g/mol. The Labute approximate surface area is 210 Å².